The third-order valence-corrected chi connectivity index (χ3v) is 5.71. The van der Waals surface area contributed by atoms with Gasteiger partial charge >= 0.3 is 0 Å². The summed E-state index contributed by atoms with van der Waals surface area (Å²) in [6.45, 7) is 0.312. The quantitative estimate of drug-likeness (QED) is 0.490. The number of phenolic OH excluding ortho intramolecular Hbond substituents is 2. The number of aromatic hydroxyl groups is 2. The molecule has 2 aromatic rings. The molecule has 0 amide bonds. The second-order valence-electron chi connectivity index (χ2n) is 8.44. The molecule has 0 radical (unpaired) electrons. The molecule has 0 aliphatic heterocycles. The van der Waals surface area contributed by atoms with Gasteiger partial charge in [-0.3, -0.25) is 9.59 Å². The summed E-state index contributed by atoms with van der Waals surface area (Å²) in [6.07, 6.45) is 7.84. The van der Waals surface area contributed by atoms with Gasteiger partial charge in [-0.05, 0) is 73.2 Å². The lowest BCUT2D eigenvalue weighted by Crippen LogP contribution is -2.06. The van der Waals surface area contributed by atoms with Gasteiger partial charge in [-0.2, -0.15) is 0 Å². The topological polar surface area (TPSA) is 112 Å². The van der Waals surface area contributed by atoms with Gasteiger partial charge in [0.2, 0.25) is 0 Å². The van der Waals surface area contributed by atoms with Crippen LogP contribution in [-0.4, -0.2) is 49.6 Å². The second-order valence-corrected chi connectivity index (χ2v) is 8.44. The molecule has 36 heavy (non-hydrogen) atoms. The van der Waals surface area contributed by atoms with Gasteiger partial charge in [0, 0.05) is 50.3 Å². The molecule has 0 heterocycles. The highest BCUT2D eigenvalue weighted by Crippen LogP contribution is 2.35. The van der Waals surface area contributed by atoms with Crippen molar-refractivity contribution in [2.45, 2.75) is 38.5 Å². The zero-order chi connectivity index (χ0) is 25.9. The maximum Gasteiger partial charge on any atom is 0.188 e. The fourth-order valence-corrected chi connectivity index (χ4v) is 4.03. The largest absolute Gasteiger partial charge is 0.508 e. The Hall–Kier alpha value is -3.62. The summed E-state index contributed by atoms with van der Waals surface area (Å²) in [5.41, 5.74) is 3.39. The van der Waals surface area contributed by atoms with E-state index in [1.807, 2.05) is 12.1 Å². The minimum Gasteiger partial charge on any atom is -0.508 e. The molecule has 8 heteroatoms. The van der Waals surface area contributed by atoms with E-state index >= 15 is 0 Å². The van der Waals surface area contributed by atoms with Crippen molar-refractivity contribution < 1.29 is 38.7 Å². The highest BCUT2D eigenvalue weighted by atomic mass is 16.7. The van der Waals surface area contributed by atoms with E-state index in [1.54, 1.807) is 38.5 Å². The maximum absolute atomic E-state index is 11.6. The Balaban J connectivity index is 0.000000212. The molecule has 2 N–H and O–H groups in total. The van der Waals surface area contributed by atoms with Crippen molar-refractivity contribution in [2.75, 3.05) is 27.8 Å². The van der Waals surface area contributed by atoms with Crippen LogP contribution in [0.1, 0.15) is 49.7 Å². The molecule has 0 bridgehead atoms. The molecule has 2 aliphatic rings. The molecular weight excluding hydrogens is 464 g/mol. The smallest absolute Gasteiger partial charge is 0.188 e. The summed E-state index contributed by atoms with van der Waals surface area (Å²) in [4.78, 5) is 22.8. The maximum atomic E-state index is 11.6. The number of ether oxygens (including phenoxy) is 4. The molecule has 0 fully saturated rings. The summed E-state index contributed by atoms with van der Waals surface area (Å²) in [5, 5.41) is 18.8. The average molecular weight is 497 g/mol. The molecule has 0 spiro atoms. The van der Waals surface area contributed by atoms with Crippen LogP contribution in [0.15, 0.2) is 48.6 Å². The number of carbonyl (C=O) groups excluding carboxylic acids is 2. The summed E-state index contributed by atoms with van der Waals surface area (Å²) < 4.78 is 20.8. The first-order valence-corrected chi connectivity index (χ1v) is 11.8. The lowest BCUT2D eigenvalue weighted by molar-refractivity contribution is -0.115. The number of phenols is 2. The molecule has 0 unspecified atom stereocenters. The van der Waals surface area contributed by atoms with Gasteiger partial charge in [-0.25, -0.2) is 0 Å². The van der Waals surface area contributed by atoms with Gasteiger partial charge < -0.3 is 29.2 Å². The number of hydrogen-bond donors (Lipinski definition) is 2. The lowest BCUT2D eigenvalue weighted by Gasteiger charge is -2.17. The number of hydrogen-bond acceptors (Lipinski definition) is 8. The van der Waals surface area contributed by atoms with Crippen LogP contribution in [0, 0.1) is 0 Å². The van der Waals surface area contributed by atoms with E-state index in [0.29, 0.717) is 29.9 Å². The number of benzene rings is 2. The van der Waals surface area contributed by atoms with Crippen molar-refractivity contribution in [3.8, 4) is 23.0 Å². The van der Waals surface area contributed by atoms with Crippen molar-refractivity contribution in [1.29, 1.82) is 0 Å². The molecular formula is C28H32O8. The van der Waals surface area contributed by atoms with Crippen molar-refractivity contribution in [3.05, 3.63) is 59.7 Å². The summed E-state index contributed by atoms with van der Waals surface area (Å²) in [5.74, 6) is 1.60. The van der Waals surface area contributed by atoms with Gasteiger partial charge in [-0.1, -0.05) is 0 Å². The van der Waals surface area contributed by atoms with Gasteiger partial charge in [0.1, 0.15) is 23.0 Å². The van der Waals surface area contributed by atoms with Crippen molar-refractivity contribution in [1.82, 2.24) is 0 Å². The number of ketones is 2. The third kappa shape index (κ3) is 7.69. The fraction of sp³-hybridized carbons (Fsp3) is 0.357. The zero-order valence-corrected chi connectivity index (χ0v) is 20.6. The Labute approximate surface area is 210 Å². The van der Waals surface area contributed by atoms with Crippen LogP contribution in [0.5, 0.6) is 23.0 Å². The van der Waals surface area contributed by atoms with Crippen LogP contribution in [0.2, 0.25) is 0 Å². The van der Waals surface area contributed by atoms with Crippen LogP contribution >= 0.6 is 0 Å². The van der Waals surface area contributed by atoms with Crippen LogP contribution in [0.25, 0.3) is 11.1 Å². The Kier molecular flexibility index (Phi) is 10.1. The minimum absolute atomic E-state index is 0.0240. The number of methoxy groups -OCH3 is 2. The first-order valence-electron chi connectivity index (χ1n) is 11.8. The Morgan fingerprint density at radius 1 is 0.722 bits per heavy atom. The molecule has 0 saturated heterocycles. The molecule has 0 saturated carbocycles. The Morgan fingerprint density at radius 2 is 1.31 bits per heavy atom. The minimum atomic E-state index is 0.0240. The standard InChI is InChI=1S/C16H20O5.C12H12O3/c1-18-10-20-14-6-7-15(16(9-14)21-11-19-2)12-4-3-5-13(17)8-12;13-9-3-1-2-8(6-9)11-5-4-10(14)7-12(11)15/h6-9H,3-5,10-11H2,1-2H3;4-7,14-15H,1-3H2. The van der Waals surface area contributed by atoms with E-state index in [-0.39, 0.29) is 36.7 Å². The number of carbonyl (C=O) groups is 2. The van der Waals surface area contributed by atoms with Crippen molar-refractivity contribution in [2.24, 2.45) is 0 Å². The Morgan fingerprint density at radius 3 is 1.89 bits per heavy atom. The molecule has 0 aromatic heterocycles. The molecule has 4 rings (SSSR count). The predicted molar refractivity (Wildman–Crippen MR) is 135 cm³/mol. The van der Waals surface area contributed by atoms with Crippen LogP contribution < -0.4 is 9.47 Å². The van der Waals surface area contributed by atoms with Gasteiger partial charge in [-0.15, -0.1) is 0 Å². The van der Waals surface area contributed by atoms with Gasteiger partial charge in [0.05, 0.1) is 0 Å². The molecule has 2 aromatic carbocycles. The highest BCUT2D eigenvalue weighted by Gasteiger charge is 2.17. The van der Waals surface area contributed by atoms with Crippen LogP contribution in [0.3, 0.4) is 0 Å². The van der Waals surface area contributed by atoms with E-state index in [2.05, 4.69) is 0 Å². The molecule has 8 nitrogen and oxygen atoms in total. The van der Waals surface area contributed by atoms with E-state index < -0.39 is 0 Å². The van der Waals surface area contributed by atoms with Gasteiger partial charge in [0.15, 0.2) is 25.2 Å². The van der Waals surface area contributed by atoms with E-state index in [1.165, 1.54) is 12.1 Å². The number of allylic oxidation sites excluding steroid dienone is 4. The first-order chi connectivity index (χ1) is 17.4. The van der Waals surface area contributed by atoms with Crippen LogP contribution in [-0.2, 0) is 19.1 Å². The van der Waals surface area contributed by atoms with Crippen LogP contribution in [0.4, 0.5) is 0 Å². The van der Waals surface area contributed by atoms with E-state index in [4.69, 9.17) is 24.1 Å². The average Bonchev–Trinajstić information content (AvgIpc) is 2.86. The Bertz CT molecular complexity index is 1130. The fourth-order valence-electron chi connectivity index (χ4n) is 4.03. The SMILES string of the molecule is COCOc1ccc(C2=CC(=O)CCC2)c(OCOC)c1.O=C1C=C(c2ccc(O)cc2O)CCC1. The predicted octanol–water partition coefficient (Wildman–Crippen LogP) is 5.02. The van der Waals surface area contributed by atoms with E-state index in [9.17, 15) is 14.7 Å². The normalized spacial score (nSPS) is 15.4. The highest BCUT2D eigenvalue weighted by molar-refractivity contribution is 5.99. The summed E-state index contributed by atoms with van der Waals surface area (Å²) in [6, 6.07) is 9.96. The van der Waals surface area contributed by atoms with Gasteiger partial charge in [0.25, 0.3) is 0 Å². The first kappa shape index (κ1) is 27.0. The zero-order valence-electron chi connectivity index (χ0n) is 20.6. The molecule has 2 aliphatic carbocycles. The lowest BCUT2D eigenvalue weighted by atomic mass is 9.92. The molecule has 192 valence electrons. The summed E-state index contributed by atoms with van der Waals surface area (Å²) >= 11 is 0. The van der Waals surface area contributed by atoms with E-state index in [0.717, 1.165) is 42.4 Å². The second kappa shape index (κ2) is 13.5. The van der Waals surface area contributed by atoms with Crippen molar-refractivity contribution >= 4 is 22.7 Å². The molecule has 0 atom stereocenters. The monoisotopic (exact) mass is 496 g/mol. The third-order valence-electron chi connectivity index (χ3n) is 5.71. The number of rotatable bonds is 8. The summed E-state index contributed by atoms with van der Waals surface area (Å²) in [7, 11) is 3.13. The van der Waals surface area contributed by atoms with Crippen molar-refractivity contribution in [3.63, 3.8) is 0 Å².